The predicted molar refractivity (Wildman–Crippen MR) is 199 cm³/mol. The summed E-state index contributed by atoms with van der Waals surface area (Å²) >= 11 is 0. The van der Waals surface area contributed by atoms with Gasteiger partial charge < -0.3 is 21.1 Å². The monoisotopic (exact) mass is 681 g/mol. The first-order valence-electron chi connectivity index (χ1n) is 18.2. The van der Waals surface area contributed by atoms with E-state index in [0.717, 1.165) is 56.5 Å². The van der Waals surface area contributed by atoms with Gasteiger partial charge in [-0.1, -0.05) is 120 Å². The van der Waals surface area contributed by atoms with Crippen molar-refractivity contribution in [3.8, 4) is 0 Å². The van der Waals surface area contributed by atoms with Crippen molar-refractivity contribution in [2.24, 2.45) is 41.2 Å². The molecule has 260 valence electrons. The molecule has 5 N–H and O–H groups in total. The number of carbonyl (C=O) groups is 1. The number of hydrogen-bond acceptors (Lipinski definition) is 6. The summed E-state index contributed by atoms with van der Waals surface area (Å²) in [6.45, 7) is 2.13. The van der Waals surface area contributed by atoms with Crippen molar-refractivity contribution in [2.45, 2.75) is 108 Å². The quantitative estimate of drug-likeness (QED) is 0.131. The number of aryl methyl sites for hydroxylation is 1. The van der Waals surface area contributed by atoms with Crippen LogP contribution in [0.5, 0.6) is 0 Å². The molecule has 0 radical (unpaired) electrons. The van der Waals surface area contributed by atoms with Gasteiger partial charge in [-0.2, -0.15) is 0 Å². The third kappa shape index (κ3) is 12.6. The highest BCUT2D eigenvalue weighted by Crippen LogP contribution is 2.40. The number of hydrogen-bond donors (Lipinski definition) is 4. The van der Waals surface area contributed by atoms with Gasteiger partial charge >= 0.3 is 5.97 Å². The van der Waals surface area contributed by atoms with E-state index in [2.05, 4.69) is 60.7 Å². The summed E-state index contributed by atoms with van der Waals surface area (Å²) in [4.78, 5) is 12.6. The lowest BCUT2D eigenvalue weighted by Crippen LogP contribution is -2.38. The zero-order chi connectivity index (χ0) is 33.4. The number of carboxylic acids is 1. The van der Waals surface area contributed by atoms with Crippen LogP contribution in [0.2, 0.25) is 0 Å². The molecule has 0 bridgehead atoms. The van der Waals surface area contributed by atoms with Crippen LogP contribution >= 0.6 is 21.6 Å². The number of aliphatic carboxylic acids is 1. The molecule has 1 saturated carbocycles. The maximum Gasteiger partial charge on any atom is 0.309 e. The second-order valence-corrected chi connectivity index (χ2v) is 16.7. The zero-order valence-corrected chi connectivity index (χ0v) is 30.1. The van der Waals surface area contributed by atoms with Crippen molar-refractivity contribution in [1.29, 1.82) is 0 Å². The minimum atomic E-state index is -0.936. The molecule has 7 unspecified atom stereocenters. The Morgan fingerprint density at radius 1 is 0.894 bits per heavy atom. The largest absolute Gasteiger partial charge is 0.481 e. The van der Waals surface area contributed by atoms with Crippen molar-refractivity contribution in [1.82, 2.24) is 0 Å². The number of nitrogens with two attached hydrogens (primary N) is 1. The number of aliphatic hydroxyl groups is 2. The molecule has 1 heterocycles. The van der Waals surface area contributed by atoms with Gasteiger partial charge in [0.05, 0.1) is 18.1 Å². The Hall–Kier alpha value is -1.77. The van der Waals surface area contributed by atoms with E-state index in [4.69, 9.17) is 5.73 Å². The number of rotatable bonds is 12. The molecule has 0 amide bonds. The van der Waals surface area contributed by atoms with Crippen LogP contribution in [0, 0.1) is 35.5 Å². The first kappa shape index (κ1) is 38.0. The molecular formula is C40H59NO4S2. The van der Waals surface area contributed by atoms with Crippen LogP contribution in [-0.2, 0) is 23.4 Å². The fourth-order valence-corrected chi connectivity index (χ4v) is 10.9. The Morgan fingerprint density at radius 3 is 2.30 bits per heavy atom. The number of allylic oxidation sites excluding steroid dienone is 1. The van der Waals surface area contributed by atoms with E-state index < -0.39 is 24.1 Å². The smallest absolute Gasteiger partial charge is 0.309 e. The zero-order valence-electron chi connectivity index (χ0n) is 28.4. The molecule has 1 fully saturated rings. The van der Waals surface area contributed by atoms with Gasteiger partial charge in [-0.25, -0.2) is 0 Å². The van der Waals surface area contributed by atoms with Crippen molar-refractivity contribution in [3.63, 3.8) is 0 Å². The van der Waals surface area contributed by atoms with Gasteiger partial charge in [-0.3, -0.25) is 4.79 Å². The summed E-state index contributed by atoms with van der Waals surface area (Å²) in [5.74, 6) is 1.57. The van der Waals surface area contributed by atoms with E-state index in [1.54, 1.807) is 6.92 Å². The Labute approximate surface area is 292 Å². The summed E-state index contributed by atoms with van der Waals surface area (Å²) in [7, 11) is 3.89. The Balaban J connectivity index is 1.62. The third-order valence-electron chi connectivity index (χ3n) is 10.9. The Morgan fingerprint density at radius 2 is 1.60 bits per heavy atom. The highest BCUT2D eigenvalue weighted by molar-refractivity contribution is 8.76. The van der Waals surface area contributed by atoms with Gasteiger partial charge in [0.25, 0.3) is 0 Å². The number of fused-ring (bicyclic) bond motifs is 1. The molecule has 7 heteroatoms. The Bertz CT molecular complexity index is 1200. The summed E-state index contributed by atoms with van der Waals surface area (Å²) < 4.78 is 0. The highest BCUT2D eigenvalue weighted by atomic mass is 33.1. The molecule has 0 spiro atoms. The molecule has 2 aromatic carbocycles. The molecule has 1 aliphatic carbocycles. The van der Waals surface area contributed by atoms with Crippen LogP contribution in [0.25, 0.3) is 0 Å². The van der Waals surface area contributed by atoms with Crippen LogP contribution < -0.4 is 5.73 Å². The van der Waals surface area contributed by atoms with Gasteiger partial charge in [0.15, 0.2) is 0 Å². The van der Waals surface area contributed by atoms with Crippen LogP contribution in [-0.4, -0.2) is 45.8 Å². The van der Waals surface area contributed by atoms with Gasteiger partial charge in [0.2, 0.25) is 0 Å². The molecule has 0 aromatic heterocycles. The van der Waals surface area contributed by atoms with E-state index in [0.29, 0.717) is 30.7 Å². The van der Waals surface area contributed by atoms with Crippen molar-refractivity contribution < 1.29 is 20.1 Å². The molecule has 0 saturated heterocycles. The van der Waals surface area contributed by atoms with E-state index in [1.165, 1.54) is 48.8 Å². The van der Waals surface area contributed by atoms with Crippen LogP contribution in [0.4, 0.5) is 0 Å². The molecule has 4 rings (SSSR count). The SMILES string of the molecule is CC(O)C(C(=O)O)C1CCc2ccccc2CSSCC(Cc2ccccc2)C(CC=CC(O)CC2CCCCC2)CCC1CCN. The molecular weight excluding hydrogens is 623 g/mol. The van der Waals surface area contributed by atoms with Crippen molar-refractivity contribution >= 4 is 27.6 Å². The number of aliphatic hydroxyl groups excluding tert-OH is 2. The van der Waals surface area contributed by atoms with Crippen molar-refractivity contribution in [3.05, 3.63) is 83.4 Å². The molecule has 47 heavy (non-hydrogen) atoms. The molecule has 7 atom stereocenters. The van der Waals surface area contributed by atoms with Gasteiger partial charge in [0.1, 0.15) is 0 Å². The third-order valence-corrected chi connectivity index (χ3v) is 13.3. The summed E-state index contributed by atoms with van der Waals surface area (Å²) in [5, 5.41) is 32.1. The second-order valence-electron chi connectivity index (χ2n) is 14.2. The maximum absolute atomic E-state index is 12.6. The molecule has 2 aliphatic rings. The lowest BCUT2D eigenvalue weighted by atomic mass is 9.71. The number of benzene rings is 2. The minimum absolute atomic E-state index is 0.105. The Kier molecular flexibility index (Phi) is 16.7. The minimum Gasteiger partial charge on any atom is -0.481 e. The maximum atomic E-state index is 12.6. The summed E-state index contributed by atoms with van der Waals surface area (Å²) in [5.41, 5.74) is 10.1. The predicted octanol–water partition coefficient (Wildman–Crippen LogP) is 8.71. The molecule has 2 aromatic rings. The summed E-state index contributed by atoms with van der Waals surface area (Å²) in [6, 6.07) is 19.3. The average Bonchev–Trinajstić information content (AvgIpc) is 3.06. The van der Waals surface area contributed by atoms with Gasteiger partial charge in [0, 0.05) is 11.5 Å². The van der Waals surface area contributed by atoms with E-state index in [-0.39, 0.29) is 11.8 Å². The normalized spacial score (nSPS) is 25.8. The van der Waals surface area contributed by atoms with Crippen LogP contribution in [0.3, 0.4) is 0 Å². The van der Waals surface area contributed by atoms with Crippen molar-refractivity contribution in [2.75, 3.05) is 12.3 Å². The summed E-state index contributed by atoms with van der Waals surface area (Å²) in [6.07, 6.45) is 16.2. The lowest BCUT2D eigenvalue weighted by Gasteiger charge is -2.35. The average molecular weight is 682 g/mol. The molecule has 5 nitrogen and oxygen atoms in total. The molecule has 1 aliphatic heterocycles. The first-order chi connectivity index (χ1) is 22.9. The first-order valence-corrected chi connectivity index (χ1v) is 20.6. The van der Waals surface area contributed by atoms with Gasteiger partial charge in [-0.05, 0) is 111 Å². The second kappa shape index (κ2) is 20.7. The van der Waals surface area contributed by atoms with E-state index >= 15 is 0 Å². The topological polar surface area (TPSA) is 104 Å². The fraction of sp³-hybridized carbons (Fsp3) is 0.625. The van der Waals surface area contributed by atoms with E-state index in [9.17, 15) is 20.1 Å². The van der Waals surface area contributed by atoms with Crippen LogP contribution in [0.1, 0.15) is 94.2 Å². The van der Waals surface area contributed by atoms with Gasteiger partial charge in [-0.15, -0.1) is 0 Å². The lowest BCUT2D eigenvalue weighted by molar-refractivity contribution is -0.149. The highest BCUT2D eigenvalue weighted by Gasteiger charge is 2.37. The fourth-order valence-electron chi connectivity index (χ4n) is 8.25. The van der Waals surface area contributed by atoms with E-state index in [1.807, 2.05) is 27.7 Å². The number of carboxylic acid groups (broad SMARTS) is 1. The van der Waals surface area contributed by atoms with Crippen LogP contribution in [0.15, 0.2) is 66.7 Å². The standard InChI is InChI=1S/C40H59NO4S2/c1-29(42)39(40(44)45)38-22-21-32-15-8-9-16-35(32)27-46-47-28-36(25-30-11-4-2-5-12-30)33(19-20-34(38)23-24-41)17-10-18-37(43)26-31-13-6-3-7-14-31/h2,4-5,8-12,15-16,18,29,31,33-34,36-39,42-43H,3,6-7,13-14,17,19-28,41H2,1H3,(H,44,45).